The topological polar surface area (TPSA) is 69.1 Å². The quantitative estimate of drug-likeness (QED) is 0.313. The van der Waals surface area contributed by atoms with Crippen molar-refractivity contribution in [1.29, 1.82) is 0 Å². The summed E-state index contributed by atoms with van der Waals surface area (Å²) in [7, 11) is 0. The number of thiocarbonyl (C=S) groups is 1. The van der Waals surface area contributed by atoms with Crippen LogP contribution >= 0.6 is 12.2 Å². The molecule has 1 aromatic rings. The minimum Gasteiger partial charge on any atom is -0.507 e. The molecule has 0 saturated carbocycles. The second-order valence-corrected chi connectivity index (χ2v) is 6.30. The van der Waals surface area contributed by atoms with Crippen molar-refractivity contribution in [1.82, 2.24) is 15.6 Å². The van der Waals surface area contributed by atoms with Gasteiger partial charge in [-0.25, -0.2) is 0 Å². The standard InChI is InChI=1S/C17H26N4O2S/c1-13-4-5-16(22)15(12-13)14(2)19-20-17(24)18-6-3-7-21-8-10-23-11-9-21/h4-5,12,22H,3,6-11H2,1-2H3,(H2,18,20,24)/b19-14+. The number of aryl methyl sites for hydroxylation is 1. The fourth-order valence-electron chi connectivity index (χ4n) is 2.50. The molecule has 0 aliphatic carbocycles. The van der Waals surface area contributed by atoms with Crippen molar-refractivity contribution < 1.29 is 9.84 Å². The van der Waals surface area contributed by atoms with E-state index >= 15 is 0 Å². The molecule has 0 radical (unpaired) electrons. The molecule has 0 amide bonds. The Kier molecular flexibility index (Phi) is 7.42. The number of hydrogen-bond donors (Lipinski definition) is 3. The van der Waals surface area contributed by atoms with Crippen LogP contribution in [0.2, 0.25) is 0 Å². The second-order valence-electron chi connectivity index (χ2n) is 5.89. The van der Waals surface area contributed by atoms with Crippen molar-refractivity contribution in [3.63, 3.8) is 0 Å². The van der Waals surface area contributed by atoms with Gasteiger partial charge >= 0.3 is 0 Å². The summed E-state index contributed by atoms with van der Waals surface area (Å²) in [5.41, 5.74) is 5.29. The first-order valence-corrected chi connectivity index (χ1v) is 8.65. The highest BCUT2D eigenvalue weighted by molar-refractivity contribution is 7.80. The predicted octanol–water partition coefficient (Wildman–Crippen LogP) is 1.61. The summed E-state index contributed by atoms with van der Waals surface area (Å²) in [5, 5.41) is 17.8. The molecule has 3 N–H and O–H groups in total. The van der Waals surface area contributed by atoms with E-state index in [4.69, 9.17) is 17.0 Å². The summed E-state index contributed by atoms with van der Waals surface area (Å²) in [5.74, 6) is 0.216. The van der Waals surface area contributed by atoms with Crippen LogP contribution in [0.1, 0.15) is 24.5 Å². The average Bonchev–Trinajstić information content (AvgIpc) is 2.59. The van der Waals surface area contributed by atoms with Crippen LogP contribution in [-0.4, -0.2) is 60.2 Å². The third-order valence-electron chi connectivity index (χ3n) is 3.91. The first-order valence-electron chi connectivity index (χ1n) is 8.24. The number of phenols is 1. The van der Waals surface area contributed by atoms with Crippen molar-refractivity contribution in [3.8, 4) is 5.75 Å². The van der Waals surface area contributed by atoms with E-state index in [1.807, 2.05) is 26.0 Å². The van der Waals surface area contributed by atoms with E-state index in [1.165, 1.54) is 0 Å². The smallest absolute Gasteiger partial charge is 0.186 e. The fourth-order valence-corrected chi connectivity index (χ4v) is 2.65. The molecule has 1 aliphatic heterocycles. The molecule has 1 fully saturated rings. The van der Waals surface area contributed by atoms with Gasteiger partial charge in [0.2, 0.25) is 0 Å². The van der Waals surface area contributed by atoms with Crippen molar-refractivity contribution >= 4 is 23.0 Å². The Morgan fingerprint density at radius 2 is 2.12 bits per heavy atom. The highest BCUT2D eigenvalue weighted by Crippen LogP contribution is 2.18. The van der Waals surface area contributed by atoms with Crippen LogP contribution < -0.4 is 10.7 Å². The molecule has 0 unspecified atom stereocenters. The van der Waals surface area contributed by atoms with Crippen LogP contribution in [-0.2, 0) is 4.74 Å². The van der Waals surface area contributed by atoms with E-state index in [1.54, 1.807) is 6.07 Å². The van der Waals surface area contributed by atoms with E-state index in [0.717, 1.165) is 51.4 Å². The molecule has 0 bridgehead atoms. The van der Waals surface area contributed by atoms with Gasteiger partial charge in [0, 0.05) is 25.2 Å². The van der Waals surface area contributed by atoms with Crippen LogP contribution in [0, 0.1) is 6.92 Å². The third kappa shape index (κ3) is 6.07. The zero-order chi connectivity index (χ0) is 17.4. The molecule has 0 aromatic heterocycles. The minimum absolute atomic E-state index is 0.216. The molecule has 2 rings (SSSR count). The summed E-state index contributed by atoms with van der Waals surface area (Å²) in [6.45, 7) is 9.32. The number of nitrogens with zero attached hydrogens (tertiary/aromatic N) is 2. The molecule has 0 atom stereocenters. The first kappa shape index (κ1) is 18.6. The van der Waals surface area contributed by atoms with Crippen LogP contribution in [0.4, 0.5) is 0 Å². The van der Waals surface area contributed by atoms with E-state index < -0.39 is 0 Å². The average molecular weight is 350 g/mol. The zero-order valence-corrected chi connectivity index (χ0v) is 15.2. The van der Waals surface area contributed by atoms with Crippen LogP contribution in [0.15, 0.2) is 23.3 Å². The molecule has 1 aliphatic rings. The number of aromatic hydroxyl groups is 1. The van der Waals surface area contributed by atoms with Gasteiger partial charge in [-0.15, -0.1) is 0 Å². The molecular weight excluding hydrogens is 324 g/mol. The van der Waals surface area contributed by atoms with E-state index in [-0.39, 0.29) is 5.75 Å². The van der Waals surface area contributed by atoms with Crippen LogP contribution in [0.3, 0.4) is 0 Å². The Labute approximate surface area is 148 Å². The molecule has 1 aromatic carbocycles. The molecular formula is C17H26N4O2S. The normalized spacial score (nSPS) is 16.0. The number of morpholine rings is 1. The summed E-state index contributed by atoms with van der Waals surface area (Å²) >= 11 is 5.23. The van der Waals surface area contributed by atoms with Gasteiger partial charge in [0.15, 0.2) is 5.11 Å². The van der Waals surface area contributed by atoms with Crippen molar-refractivity contribution in [2.24, 2.45) is 5.10 Å². The molecule has 6 nitrogen and oxygen atoms in total. The Morgan fingerprint density at radius 3 is 2.88 bits per heavy atom. The Balaban J connectivity index is 1.70. The molecule has 1 saturated heterocycles. The lowest BCUT2D eigenvalue weighted by Gasteiger charge is -2.26. The van der Waals surface area contributed by atoms with Gasteiger partial charge in [-0.05, 0) is 51.2 Å². The summed E-state index contributed by atoms with van der Waals surface area (Å²) in [4.78, 5) is 2.39. The van der Waals surface area contributed by atoms with Gasteiger partial charge in [0.25, 0.3) is 0 Å². The minimum atomic E-state index is 0.216. The molecule has 132 valence electrons. The lowest BCUT2D eigenvalue weighted by Crippen LogP contribution is -2.39. The number of phenolic OH excluding ortho intramolecular Hbond substituents is 1. The molecule has 0 spiro atoms. The number of rotatable bonds is 6. The fraction of sp³-hybridized carbons (Fsp3) is 0.529. The largest absolute Gasteiger partial charge is 0.507 e. The Morgan fingerprint density at radius 1 is 1.38 bits per heavy atom. The molecule has 7 heteroatoms. The van der Waals surface area contributed by atoms with Gasteiger partial charge in [-0.1, -0.05) is 11.6 Å². The van der Waals surface area contributed by atoms with Gasteiger partial charge in [-0.2, -0.15) is 5.10 Å². The maximum absolute atomic E-state index is 9.90. The van der Waals surface area contributed by atoms with Gasteiger partial charge in [0.1, 0.15) is 5.75 Å². The van der Waals surface area contributed by atoms with E-state index in [2.05, 4.69) is 20.7 Å². The third-order valence-corrected chi connectivity index (χ3v) is 4.14. The first-order chi connectivity index (χ1) is 11.6. The van der Waals surface area contributed by atoms with Crippen LogP contribution in [0.5, 0.6) is 5.75 Å². The summed E-state index contributed by atoms with van der Waals surface area (Å²) in [6.07, 6.45) is 1.02. The number of nitrogens with one attached hydrogen (secondary N) is 2. The van der Waals surface area contributed by atoms with E-state index in [9.17, 15) is 5.11 Å². The monoisotopic (exact) mass is 350 g/mol. The van der Waals surface area contributed by atoms with E-state index in [0.29, 0.717) is 16.4 Å². The Bertz CT molecular complexity index is 586. The maximum atomic E-state index is 9.90. The highest BCUT2D eigenvalue weighted by Gasteiger charge is 2.09. The maximum Gasteiger partial charge on any atom is 0.186 e. The summed E-state index contributed by atoms with van der Waals surface area (Å²) < 4.78 is 5.33. The zero-order valence-electron chi connectivity index (χ0n) is 14.3. The number of hydrazone groups is 1. The second kappa shape index (κ2) is 9.56. The SMILES string of the molecule is C/C(=N\NC(=S)NCCCN1CCOCC1)c1cc(C)ccc1O. The van der Waals surface area contributed by atoms with Crippen molar-refractivity contribution in [2.75, 3.05) is 39.4 Å². The number of ether oxygens (including phenoxy) is 1. The predicted molar refractivity (Wildman–Crippen MR) is 101 cm³/mol. The highest BCUT2D eigenvalue weighted by atomic mass is 32.1. The van der Waals surface area contributed by atoms with Gasteiger partial charge in [-0.3, -0.25) is 10.3 Å². The Hall–Kier alpha value is -1.70. The number of hydrogen-bond acceptors (Lipinski definition) is 5. The van der Waals surface area contributed by atoms with Crippen molar-refractivity contribution in [2.45, 2.75) is 20.3 Å². The molecule has 1 heterocycles. The van der Waals surface area contributed by atoms with Gasteiger partial charge < -0.3 is 15.2 Å². The van der Waals surface area contributed by atoms with Crippen LogP contribution in [0.25, 0.3) is 0 Å². The lowest BCUT2D eigenvalue weighted by atomic mass is 10.1. The lowest BCUT2D eigenvalue weighted by molar-refractivity contribution is 0.0376. The van der Waals surface area contributed by atoms with Gasteiger partial charge in [0.05, 0.1) is 18.9 Å². The summed E-state index contributed by atoms with van der Waals surface area (Å²) in [6, 6.07) is 5.43. The molecule has 24 heavy (non-hydrogen) atoms. The van der Waals surface area contributed by atoms with Crippen molar-refractivity contribution in [3.05, 3.63) is 29.3 Å². The number of benzene rings is 1.